The van der Waals surface area contributed by atoms with E-state index >= 15 is 0 Å². The van der Waals surface area contributed by atoms with Crippen molar-refractivity contribution in [2.75, 3.05) is 13.2 Å². The number of carbonyl (C=O) groups is 1. The zero-order chi connectivity index (χ0) is 30.1. The van der Waals surface area contributed by atoms with Crippen molar-refractivity contribution in [1.82, 2.24) is 20.2 Å². The molecule has 1 unspecified atom stereocenters. The number of hydrogen-bond donors (Lipinski definition) is 0. The molecule has 5 aromatic rings. The summed E-state index contributed by atoms with van der Waals surface area (Å²) in [4.78, 5) is 15.6. The van der Waals surface area contributed by atoms with Crippen molar-refractivity contribution in [2.45, 2.75) is 25.9 Å². The molecule has 0 N–H and O–H groups in total. The van der Waals surface area contributed by atoms with Gasteiger partial charge >= 0.3 is 5.97 Å². The van der Waals surface area contributed by atoms with E-state index in [0.717, 1.165) is 21.5 Å². The molecule has 5 rings (SSSR count). The first-order valence-corrected chi connectivity index (χ1v) is 16.0. The van der Waals surface area contributed by atoms with Gasteiger partial charge in [-0.25, -0.2) is 4.79 Å². The quantitative estimate of drug-likeness (QED) is 0.124. The van der Waals surface area contributed by atoms with Gasteiger partial charge in [-0.1, -0.05) is 91.9 Å². The molecular formula is C34H33N4O4P. The fourth-order valence-electron chi connectivity index (χ4n) is 5.26. The summed E-state index contributed by atoms with van der Waals surface area (Å²) in [6.07, 6.45) is 0.400. The van der Waals surface area contributed by atoms with Crippen molar-refractivity contribution in [3.63, 3.8) is 0 Å². The van der Waals surface area contributed by atoms with Crippen LogP contribution in [0.4, 0.5) is 0 Å². The highest BCUT2D eigenvalue weighted by Gasteiger charge is 2.59. The van der Waals surface area contributed by atoms with Gasteiger partial charge in [0.1, 0.15) is 28.9 Å². The van der Waals surface area contributed by atoms with Gasteiger partial charge in [0.2, 0.25) is 5.66 Å². The van der Waals surface area contributed by atoms with Crippen LogP contribution in [0.5, 0.6) is 0 Å². The normalized spacial score (nSPS) is 12.7. The number of ether oxygens (including phenoxy) is 2. The minimum Gasteiger partial charge on any atom is -0.612 e. The van der Waals surface area contributed by atoms with E-state index in [1.807, 2.05) is 121 Å². The van der Waals surface area contributed by atoms with Crippen LogP contribution in [0, 0.1) is 0 Å². The lowest BCUT2D eigenvalue weighted by Gasteiger charge is -2.35. The SMILES string of the molecule is CCOC(=O)C(/C(=C(\[O-])OCC)n1nnc(Cc2ccccc2)n1)[P+](c1ccccc1)(c1ccccc1)c1ccccc1. The molecule has 0 saturated heterocycles. The molecule has 0 radical (unpaired) electrons. The van der Waals surface area contributed by atoms with Crippen molar-refractivity contribution < 1.29 is 19.4 Å². The molecule has 0 aliphatic carbocycles. The summed E-state index contributed by atoms with van der Waals surface area (Å²) in [7, 11) is -3.05. The number of tetrazole rings is 1. The Balaban J connectivity index is 1.83. The first-order chi connectivity index (χ1) is 21.1. The summed E-state index contributed by atoms with van der Waals surface area (Å²) in [6.45, 7) is 3.68. The van der Waals surface area contributed by atoms with E-state index in [0.29, 0.717) is 12.2 Å². The average molecular weight is 593 g/mol. The van der Waals surface area contributed by atoms with Gasteiger partial charge in [0.05, 0.1) is 12.6 Å². The molecule has 0 aliphatic rings. The second-order valence-corrected chi connectivity index (χ2v) is 13.2. The Kier molecular flexibility index (Phi) is 9.59. The van der Waals surface area contributed by atoms with Crippen LogP contribution in [0.3, 0.4) is 0 Å². The van der Waals surface area contributed by atoms with Crippen LogP contribution in [0.1, 0.15) is 25.2 Å². The zero-order valence-electron chi connectivity index (χ0n) is 24.1. The fraction of sp³-hybridized carbons (Fsp3) is 0.176. The monoisotopic (exact) mass is 592 g/mol. The highest BCUT2D eigenvalue weighted by atomic mass is 31.2. The number of benzene rings is 4. The third kappa shape index (κ3) is 6.20. The molecule has 0 bridgehead atoms. The maximum absolute atomic E-state index is 14.4. The van der Waals surface area contributed by atoms with Gasteiger partial charge in [-0.05, 0) is 60.7 Å². The van der Waals surface area contributed by atoms with Crippen molar-refractivity contribution in [3.05, 3.63) is 139 Å². The Hall–Kier alpha value is -4.81. The summed E-state index contributed by atoms with van der Waals surface area (Å²) in [5, 5.41) is 29.9. The molecular weight excluding hydrogens is 559 g/mol. The fourth-order valence-corrected chi connectivity index (χ4v) is 9.94. The third-order valence-electron chi connectivity index (χ3n) is 7.01. The average Bonchev–Trinajstić information content (AvgIpc) is 3.51. The standard InChI is InChI=1S/C34H33N4O4P/c1-3-41-33(39)31(38-36-30(35-37-38)25-26-17-9-5-10-18-26)32(34(40)42-4-2)43(27-19-11-6-12-20-27,28-21-13-7-14-22-28)29-23-15-8-16-24-29/h5-24,32H,3-4,25H2,1-2H3/b33-31-. The zero-order valence-corrected chi connectivity index (χ0v) is 25.0. The second kappa shape index (κ2) is 13.9. The van der Waals surface area contributed by atoms with Gasteiger partial charge in [-0.3, -0.25) is 0 Å². The van der Waals surface area contributed by atoms with E-state index in [2.05, 4.69) is 15.4 Å². The molecule has 1 aromatic heterocycles. The second-order valence-electron chi connectivity index (χ2n) is 9.65. The van der Waals surface area contributed by atoms with Crippen molar-refractivity contribution in [2.24, 2.45) is 0 Å². The molecule has 43 heavy (non-hydrogen) atoms. The molecule has 1 atom stereocenters. The molecule has 8 nitrogen and oxygen atoms in total. The summed E-state index contributed by atoms with van der Waals surface area (Å²) in [5.41, 5.74) is -0.212. The lowest BCUT2D eigenvalue weighted by Crippen LogP contribution is -2.46. The van der Waals surface area contributed by atoms with E-state index in [-0.39, 0.29) is 18.9 Å². The minimum absolute atomic E-state index is 0.0444. The lowest BCUT2D eigenvalue weighted by molar-refractivity contribution is -0.355. The van der Waals surface area contributed by atoms with E-state index < -0.39 is 24.8 Å². The van der Waals surface area contributed by atoms with Crippen LogP contribution < -0.4 is 21.0 Å². The Labute approximate surface area is 252 Å². The lowest BCUT2D eigenvalue weighted by atomic mass is 10.1. The van der Waals surface area contributed by atoms with Gasteiger partial charge in [-0.2, -0.15) is 0 Å². The van der Waals surface area contributed by atoms with Crippen LogP contribution in [-0.2, 0) is 20.7 Å². The summed E-state index contributed by atoms with van der Waals surface area (Å²) in [5.74, 6) is -0.882. The Bertz CT molecular complexity index is 1550. The van der Waals surface area contributed by atoms with E-state index in [1.165, 1.54) is 4.80 Å². The maximum Gasteiger partial charge on any atom is 0.354 e. The summed E-state index contributed by atoms with van der Waals surface area (Å²) >= 11 is 0. The van der Waals surface area contributed by atoms with Crippen molar-refractivity contribution >= 4 is 34.8 Å². The number of rotatable bonds is 12. The predicted molar refractivity (Wildman–Crippen MR) is 167 cm³/mol. The highest BCUT2D eigenvalue weighted by Crippen LogP contribution is 2.62. The summed E-state index contributed by atoms with van der Waals surface area (Å²) < 4.78 is 11.4. The molecule has 0 amide bonds. The maximum atomic E-state index is 14.4. The summed E-state index contributed by atoms with van der Waals surface area (Å²) in [6, 6.07) is 39.1. The van der Waals surface area contributed by atoms with Crippen LogP contribution in [-0.4, -0.2) is 45.0 Å². The van der Waals surface area contributed by atoms with Crippen molar-refractivity contribution in [3.8, 4) is 0 Å². The Morgan fingerprint density at radius 2 is 1.21 bits per heavy atom. The molecule has 1 heterocycles. The highest BCUT2D eigenvalue weighted by molar-refractivity contribution is 7.97. The molecule has 0 saturated carbocycles. The van der Waals surface area contributed by atoms with E-state index in [1.54, 1.807) is 13.8 Å². The molecule has 0 fully saturated rings. The Morgan fingerprint density at radius 1 is 0.744 bits per heavy atom. The number of nitrogens with zero attached hydrogens (tertiary/aromatic N) is 4. The molecule has 4 aromatic carbocycles. The number of carbonyl (C=O) groups excluding carboxylic acids is 1. The van der Waals surface area contributed by atoms with Crippen molar-refractivity contribution in [1.29, 1.82) is 0 Å². The van der Waals surface area contributed by atoms with Gasteiger partial charge in [0, 0.05) is 6.42 Å². The molecule has 0 spiro atoms. The number of hydrogen-bond acceptors (Lipinski definition) is 7. The topological polar surface area (TPSA) is 102 Å². The Morgan fingerprint density at radius 3 is 1.67 bits per heavy atom. The van der Waals surface area contributed by atoms with Gasteiger partial charge in [0.15, 0.2) is 5.82 Å². The third-order valence-corrected chi connectivity index (χ3v) is 11.6. The largest absolute Gasteiger partial charge is 0.612 e. The minimum atomic E-state index is -3.05. The molecule has 0 aliphatic heterocycles. The van der Waals surface area contributed by atoms with Gasteiger partial charge in [-0.15, -0.1) is 15.0 Å². The smallest absolute Gasteiger partial charge is 0.354 e. The number of esters is 1. The van der Waals surface area contributed by atoms with Gasteiger partial charge < -0.3 is 14.6 Å². The van der Waals surface area contributed by atoms with Crippen LogP contribution in [0.15, 0.2) is 127 Å². The molecule has 218 valence electrons. The van der Waals surface area contributed by atoms with Crippen LogP contribution >= 0.6 is 7.26 Å². The van der Waals surface area contributed by atoms with Crippen LogP contribution in [0.2, 0.25) is 0 Å². The first kappa shape index (κ1) is 29.7. The number of aromatic nitrogens is 4. The van der Waals surface area contributed by atoms with E-state index in [9.17, 15) is 9.90 Å². The predicted octanol–water partition coefficient (Wildman–Crippen LogP) is 3.71. The van der Waals surface area contributed by atoms with Crippen LogP contribution in [0.25, 0.3) is 5.70 Å². The first-order valence-electron chi connectivity index (χ1n) is 14.2. The van der Waals surface area contributed by atoms with E-state index in [4.69, 9.17) is 9.47 Å². The molecule has 9 heteroatoms. The van der Waals surface area contributed by atoms with Gasteiger partial charge in [0.25, 0.3) is 0 Å².